The summed E-state index contributed by atoms with van der Waals surface area (Å²) in [6.07, 6.45) is 4.07. The molecule has 3 nitrogen and oxygen atoms in total. The van der Waals surface area contributed by atoms with Crippen LogP contribution in [0.4, 0.5) is 4.39 Å². The molecule has 2 aromatic carbocycles. The number of benzene rings is 2. The first-order valence-corrected chi connectivity index (χ1v) is 9.05. The molecule has 0 aliphatic heterocycles. The predicted molar refractivity (Wildman–Crippen MR) is 99.6 cm³/mol. The standard InChI is InChI=1S/C20H18FNO2S/c1-12-17(9-13-3-6-15(25-2)7-4-13)16-8-5-14(21)10-19(16)18(12)11-20(23)22-24/h3-10,24H,11H2,1-2H3,(H,22,23)/b17-9-. The minimum Gasteiger partial charge on any atom is -0.289 e. The number of thioether (sulfide) groups is 1. The average Bonchev–Trinajstić information content (AvgIpc) is 2.87. The number of carbonyl (C=O) groups excluding carboxylic acids is 1. The van der Waals surface area contributed by atoms with Crippen LogP contribution in [-0.4, -0.2) is 17.4 Å². The fourth-order valence-corrected chi connectivity index (χ4v) is 3.46. The van der Waals surface area contributed by atoms with E-state index in [9.17, 15) is 9.18 Å². The quantitative estimate of drug-likeness (QED) is 0.472. The molecule has 5 heteroatoms. The molecule has 0 heterocycles. The minimum atomic E-state index is -0.518. The number of fused-ring (bicyclic) bond motifs is 1. The first-order chi connectivity index (χ1) is 12.0. The van der Waals surface area contributed by atoms with Crippen molar-refractivity contribution in [1.82, 2.24) is 5.48 Å². The van der Waals surface area contributed by atoms with Crippen LogP contribution in [0.3, 0.4) is 0 Å². The Bertz CT molecular complexity index is 885. The Labute approximate surface area is 150 Å². The van der Waals surface area contributed by atoms with Gasteiger partial charge in [-0.3, -0.25) is 10.0 Å². The molecule has 3 rings (SSSR count). The SMILES string of the molecule is CSc1ccc(/C=C2/C(C)=C(CC(=O)NO)c3cc(F)ccc32)cc1. The highest BCUT2D eigenvalue weighted by Crippen LogP contribution is 2.43. The van der Waals surface area contributed by atoms with Crippen molar-refractivity contribution in [2.45, 2.75) is 18.2 Å². The second-order valence-electron chi connectivity index (χ2n) is 5.84. The van der Waals surface area contributed by atoms with E-state index in [2.05, 4.69) is 12.1 Å². The Hall–Kier alpha value is -2.37. The van der Waals surface area contributed by atoms with E-state index in [1.54, 1.807) is 23.3 Å². The van der Waals surface area contributed by atoms with Crippen LogP contribution in [0.5, 0.6) is 0 Å². The van der Waals surface area contributed by atoms with Crippen LogP contribution in [0.25, 0.3) is 17.2 Å². The van der Waals surface area contributed by atoms with Crippen molar-refractivity contribution in [3.05, 3.63) is 70.5 Å². The van der Waals surface area contributed by atoms with Gasteiger partial charge in [0.2, 0.25) is 5.91 Å². The highest BCUT2D eigenvalue weighted by atomic mass is 32.2. The third-order valence-corrected chi connectivity index (χ3v) is 5.09. The van der Waals surface area contributed by atoms with Crippen molar-refractivity contribution in [2.75, 3.05) is 6.26 Å². The molecular weight excluding hydrogens is 337 g/mol. The molecule has 25 heavy (non-hydrogen) atoms. The number of amides is 1. The average molecular weight is 355 g/mol. The summed E-state index contributed by atoms with van der Waals surface area (Å²) in [7, 11) is 0. The Balaban J connectivity index is 2.09. The zero-order chi connectivity index (χ0) is 18.0. The van der Waals surface area contributed by atoms with Gasteiger partial charge in [-0.05, 0) is 76.9 Å². The van der Waals surface area contributed by atoms with Crippen molar-refractivity contribution in [2.24, 2.45) is 0 Å². The van der Waals surface area contributed by atoms with E-state index in [1.807, 2.05) is 31.4 Å². The zero-order valence-corrected chi connectivity index (χ0v) is 14.8. The number of hydrogen-bond donors (Lipinski definition) is 2. The van der Waals surface area contributed by atoms with E-state index in [0.717, 1.165) is 27.8 Å². The van der Waals surface area contributed by atoms with E-state index in [-0.39, 0.29) is 12.2 Å². The number of hydrogen-bond acceptors (Lipinski definition) is 3. The van der Waals surface area contributed by atoms with E-state index in [0.29, 0.717) is 5.56 Å². The molecule has 1 aliphatic carbocycles. The van der Waals surface area contributed by atoms with Gasteiger partial charge in [-0.25, -0.2) is 9.87 Å². The van der Waals surface area contributed by atoms with Crippen LogP contribution in [0.15, 0.2) is 52.9 Å². The smallest absolute Gasteiger partial charge is 0.247 e. The summed E-state index contributed by atoms with van der Waals surface area (Å²) in [5.74, 6) is -0.867. The second kappa shape index (κ2) is 7.25. The monoisotopic (exact) mass is 355 g/mol. The van der Waals surface area contributed by atoms with Gasteiger partial charge in [0.15, 0.2) is 0 Å². The maximum Gasteiger partial charge on any atom is 0.247 e. The second-order valence-corrected chi connectivity index (χ2v) is 6.72. The molecule has 0 radical (unpaired) electrons. The normalized spacial score (nSPS) is 14.8. The number of carbonyl (C=O) groups is 1. The molecular formula is C20H18FNO2S. The zero-order valence-electron chi connectivity index (χ0n) is 14.0. The molecule has 0 saturated heterocycles. The molecule has 0 spiro atoms. The minimum absolute atomic E-state index is 0.00153. The first-order valence-electron chi connectivity index (χ1n) is 7.82. The topological polar surface area (TPSA) is 49.3 Å². The lowest BCUT2D eigenvalue weighted by Gasteiger charge is -2.05. The van der Waals surface area contributed by atoms with Crippen molar-refractivity contribution in [3.8, 4) is 0 Å². The molecule has 0 aromatic heterocycles. The van der Waals surface area contributed by atoms with E-state index >= 15 is 0 Å². The molecule has 0 atom stereocenters. The fraction of sp³-hybridized carbons (Fsp3) is 0.150. The van der Waals surface area contributed by atoms with Crippen LogP contribution < -0.4 is 5.48 Å². The maximum absolute atomic E-state index is 13.7. The lowest BCUT2D eigenvalue weighted by atomic mass is 10.0. The van der Waals surface area contributed by atoms with Gasteiger partial charge >= 0.3 is 0 Å². The third kappa shape index (κ3) is 3.52. The summed E-state index contributed by atoms with van der Waals surface area (Å²) in [5, 5.41) is 8.82. The van der Waals surface area contributed by atoms with Gasteiger partial charge in [-0.15, -0.1) is 11.8 Å². The highest BCUT2D eigenvalue weighted by molar-refractivity contribution is 7.98. The number of rotatable bonds is 4. The predicted octanol–water partition coefficient (Wildman–Crippen LogP) is 4.77. The largest absolute Gasteiger partial charge is 0.289 e. The van der Waals surface area contributed by atoms with E-state index < -0.39 is 5.91 Å². The van der Waals surface area contributed by atoms with Gasteiger partial charge in [0.25, 0.3) is 0 Å². The third-order valence-electron chi connectivity index (χ3n) is 4.34. The number of nitrogens with one attached hydrogen (secondary N) is 1. The summed E-state index contributed by atoms with van der Waals surface area (Å²) in [5.41, 5.74) is 6.89. The molecule has 0 unspecified atom stereocenters. The van der Waals surface area contributed by atoms with Crippen molar-refractivity contribution < 1.29 is 14.4 Å². The Morgan fingerprint density at radius 3 is 2.56 bits per heavy atom. The highest BCUT2D eigenvalue weighted by Gasteiger charge is 2.25. The van der Waals surface area contributed by atoms with Gasteiger partial charge < -0.3 is 0 Å². The van der Waals surface area contributed by atoms with Crippen molar-refractivity contribution in [3.63, 3.8) is 0 Å². The number of halogens is 1. The lowest BCUT2D eigenvalue weighted by molar-refractivity contribution is -0.128. The van der Waals surface area contributed by atoms with E-state index in [1.165, 1.54) is 17.0 Å². The fourth-order valence-electron chi connectivity index (χ4n) is 3.05. The molecule has 2 N–H and O–H groups in total. The summed E-state index contributed by atoms with van der Waals surface area (Å²) in [6, 6.07) is 12.8. The first kappa shape index (κ1) is 17.5. The van der Waals surface area contributed by atoms with Gasteiger partial charge in [0.1, 0.15) is 5.82 Å². The van der Waals surface area contributed by atoms with Crippen LogP contribution in [-0.2, 0) is 4.79 Å². The van der Waals surface area contributed by atoms with Gasteiger partial charge in [0, 0.05) is 4.90 Å². The summed E-state index contributed by atoms with van der Waals surface area (Å²) in [4.78, 5) is 12.8. The van der Waals surface area contributed by atoms with Gasteiger partial charge in [0.05, 0.1) is 6.42 Å². The van der Waals surface area contributed by atoms with Crippen LogP contribution in [0, 0.1) is 5.82 Å². The van der Waals surface area contributed by atoms with Crippen LogP contribution in [0.2, 0.25) is 0 Å². The number of hydroxylamine groups is 1. The molecule has 1 aliphatic rings. The summed E-state index contributed by atoms with van der Waals surface area (Å²) in [6.45, 7) is 1.92. The Morgan fingerprint density at radius 1 is 1.20 bits per heavy atom. The lowest BCUT2D eigenvalue weighted by Crippen LogP contribution is -2.18. The molecule has 128 valence electrons. The van der Waals surface area contributed by atoms with Crippen LogP contribution >= 0.6 is 11.8 Å². The molecule has 0 fully saturated rings. The van der Waals surface area contributed by atoms with Crippen molar-refractivity contribution in [1.29, 1.82) is 0 Å². The van der Waals surface area contributed by atoms with Gasteiger partial charge in [-0.2, -0.15) is 0 Å². The van der Waals surface area contributed by atoms with Gasteiger partial charge in [-0.1, -0.05) is 18.2 Å². The van der Waals surface area contributed by atoms with E-state index in [4.69, 9.17) is 5.21 Å². The maximum atomic E-state index is 13.7. The molecule has 1 amide bonds. The van der Waals surface area contributed by atoms with Crippen molar-refractivity contribution >= 4 is 34.9 Å². The molecule has 0 saturated carbocycles. The summed E-state index contributed by atoms with van der Waals surface area (Å²) < 4.78 is 13.7. The Morgan fingerprint density at radius 2 is 1.92 bits per heavy atom. The number of allylic oxidation sites excluding steroid dienone is 2. The Kier molecular flexibility index (Phi) is 5.06. The molecule has 2 aromatic rings. The van der Waals surface area contributed by atoms with Crippen LogP contribution in [0.1, 0.15) is 30.0 Å². The molecule has 0 bridgehead atoms. The summed E-state index contributed by atoms with van der Waals surface area (Å²) >= 11 is 1.68.